The summed E-state index contributed by atoms with van der Waals surface area (Å²) in [7, 11) is 2.11. The van der Waals surface area contributed by atoms with Crippen LogP contribution in [0.15, 0.2) is 24.8 Å². The summed E-state index contributed by atoms with van der Waals surface area (Å²) in [5, 5.41) is 0. The van der Waals surface area contributed by atoms with Crippen molar-refractivity contribution in [2.45, 2.75) is 32.7 Å². The van der Waals surface area contributed by atoms with E-state index < -0.39 is 0 Å². The maximum absolute atomic E-state index is 4.13. The molecule has 1 aromatic rings. The summed E-state index contributed by atoms with van der Waals surface area (Å²) in [4.78, 5) is 2.22. The average molecular weight is 199 g/mol. The molecular weight excluding hydrogens is 181 g/mol. The van der Waals surface area contributed by atoms with Crippen molar-refractivity contribution < 1.29 is 0 Å². The Kier molecular flexibility index (Phi) is 2.18. The summed E-state index contributed by atoms with van der Waals surface area (Å²) < 4.78 is 0. The Morgan fingerprint density at radius 1 is 1.33 bits per heavy atom. The van der Waals surface area contributed by atoms with Gasteiger partial charge in [-0.1, -0.05) is 45.5 Å². The van der Waals surface area contributed by atoms with Gasteiger partial charge in [0.05, 0.1) is 0 Å². The highest BCUT2D eigenvalue weighted by atomic mass is 15.1. The molecule has 0 spiro atoms. The van der Waals surface area contributed by atoms with Gasteiger partial charge >= 0.3 is 0 Å². The molecule has 0 N–H and O–H groups in total. The van der Waals surface area contributed by atoms with Crippen LogP contribution in [0.5, 0.6) is 0 Å². The fourth-order valence-electron chi connectivity index (χ4n) is 2.27. The fraction of sp³-hybridized carbons (Fsp3) is 0.385. The third-order valence-corrected chi connectivity index (χ3v) is 3.15. The molecule has 1 aliphatic rings. The van der Waals surface area contributed by atoms with Gasteiger partial charge in [-0.2, -0.15) is 0 Å². The van der Waals surface area contributed by atoms with Crippen molar-refractivity contribution in [3.8, 4) is 0 Å². The van der Waals surface area contributed by atoms with E-state index in [2.05, 4.69) is 58.3 Å². The Morgan fingerprint density at radius 3 is 2.60 bits per heavy atom. The van der Waals surface area contributed by atoms with Crippen molar-refractivity contribution in [2.24, 2.45) is 0 Å². The normalized spacial score (nSPS) is 15.7. The second-order valence-electron chi connectivity index (χ2n) is 5.38. The summed E-state index contributed by atoms with van der Waals surface area (Å²) in [5.74, 6) is 0. The van der Waals surface area contributed by atoms with E-state index in [4.69, 9.17) is 0 Å². The molecule has 0 amide bonds. The lowest BCUT2D eigenvalue weighted by molar-refractivity contribution is 0.570. The SMILES string of the molecule is BN1Cc2c(cccc2C(C)(C)C)C1=C. The predicted molar refractivity (Wildman–Crippen MR) is 68.3 cm³/mol. The van der Waals surface area contributed by atoms with Crippen LogP contribution in [0.25, 0.3) is 5.70 Å². The minimum absolute atomic E-state index is 0.219. The van der Waals surface area contributed by atoms with Crippen LogP contribution in [0.2, 0.25) is 0 Å². The largest absolute Gasteiger partial charge is 0.418 e. The molecule has 2 heteroatoms. The standard InChI is InChI=1S/C13H18BN/c1-9-10-6-5-7-12(13(2,3)4)11(10)8-15(9)14/h5-7H,1,8,14H2,2-4H3. The predicted octanol–water partition coefficient (Wildman–Crippen LogP) is 2.32. The maximum Gasteiger partial charge on any atom is 0.217 e. The summed E-state index contributed by atoms with van der Waals surface area (Å²) in [6.07, 6.45) is 0. The molecule has 0 saturated heterocycles. The molecule has 1 heterocycles. The highest BCUT2D eigenvalue weighted by Crippen LogP contribution is 2.36. The molecule has 0 aromatic heterocycles. The van der Waals surface area contributed by atoms with E-state index in [1.54, 1.807) is 0 Å². The first-order valence-electron chi connectivity index (χ1n) is 5.44. The molecule has 78 valence electrons. The molecular formula is C13H18BN. The van der Waals surface area contributed by atoms with Crippen LogP contribution in [-0.2, 0) is 12.0 Å². The average Bonchev–Trinajstić information content (AvgIpc) is 2.41. The lowest BCUT2D eigenvalue weighted by atomic mass is 9.82. The number of fused-ring (bicyclic) bond motifs is 1. The van der Waals surface area contributed by atoms with Gasteiger partial charge in [0.25, 0.3) is 0 Å². The van der Waals surface area contributed by atoms with E-state index in [0.717, 1.165) is 12.2 Å². The van der Waals surface area contributed by atoms with Gasteiger partial charge in [-0.05, 0) is 16.5 Å². The summed E-state index contributed by atoms with van der Waals surface area (Å²) in [5.41, 5.74) is 5.60. The van der Waals surface area contributed by atoms with Crippen molar-refractivity contribution in [2.75, 3.05) is 0 Å². The van der Waals surface area contributed by atoms with Crippen LogP contribution in [-0.4, -0.2) is 12.8 Å². The fourth-order valence-corrected chi connectivity index (χ4v) is 2.27. The highest BCUT2D eigenvalue weighted by molar-refractivity contribution is 6.10. The van der Waals surface area contributed by atoms with E-state index >= 15 is 0 Å². The van der Waals surface area contributed by atoms with Crippen LogP contribution < -0.4 is 0 Å². The number of benzene rings is 1. The number of hydrogen-bond acceptors (Lipinski definition) is 1. The van der Waals surface area contributed by atoms with Crippen LogP contribution in [0.4, 0.5) is 0 Å². The smallest absolute Gasteiger partial charge is 0.217 e. The molecule has 15 heavy (non-hydrogen) atoms. The molecule has 0 atom stereocenters. The maximum atomic E-state index is 4.13. The van der Waals surface area contributed by atoms with E-state index in [9.17, 15) is 0 Å². The third-order valence-electron chi connectivity index (χ3n) is 3.15. The Balaban J connectivity index is 2.60. The first-order chi connectivity index (χ1) is 6.91. The zero-order chi connectivity index (χ0) is 11.2. The van der Waals surface area contributed by atoms with Gasteiger partial charge < -0.3 is 4.81 Å². The van der Waals surface area contributed by atoms with Crippen LogP contribution in [0, 0.1) is 0 Å². The van der Waals surface area contributed by atoms with Gasteiger partial charge in [-0.25, -0.2) is 0 Å². The van der Waals surface area contributed by atoms with Crippen molar-refractivity contribution in [1.82, 2.24) is 4.81 Å². The van der Waals surface area contributed by atoms with Gasteiger partial charge in [0.1, 0.15) is 0 Å². The quantitative estimate of drug-likeness (QED) is 0.579. The van der Waals surface area contributed by atoms with Crippen molar-refractivity contribution in [1.29, 1.82) is 0 Å². The molecule has 0 radical (unpaired) electrons. The van der Waals surface area contributed by atoms with E-state index in [1.165, 1.54) is 16.7 Å². The van der Waals surface area contributed by atoms with E-state index in [1.807, 2.05) is 0 Å². The minimum Gasteiger partial charge on any atom is -0.418 e. The van der Waals surface area contributed by atoms with Crippen LogP contribution in [0.1, 0.15) is 37.5 Å². The zero-order valence-corrected chi connectivity index (χ0v) is 10.1. The summed E-state index contributed by atoms with van der Waals surface area (Å²) in [6.45, 7) is 11.9. The number of nitrogens with zero attached hydrogens (tertiary/aromatic N) is 1. The van der Waals surface area contributed by atoms with Crippen molar-refractivity contribution in [3.05, 3.63) is 41.5 Å². The van der Waals surface area contributed by atoms with Crippen LogP contribution >= 0.6 is 0 Å². The second-order valence-corrected chi connectivity index (χ2v) is 5.38. The van der Waals surface area contributed by atoms with E-state index in [0.29, 0.717) is 0 Å². The summed E-state index contributed by atoms with van der Waals surface area (Å²) in [6, 6.07) is 6.56. The topological polar surface area (TPSA) is 3.24 Å². The molecule has 1 aliphatic heterocycles. The van der Waals surface area contributed by atoms with Crippen LogP contribution in [0.3, 0.4) is 0 Å². The Labute approximate surface area is 93.2 Å². The minimum atomic E-state index is 0.219. The molecule has 1 aromatic carbocycles. The van der Waals surface area contributed by atoms with Gasteiger partial charge in [-0.3, -0.25) is 0 Å². The highest BCUT2D eigenvalue weighted by Gasteiger charge is 2.26. The molecule has 2 rings (SSSR count). The van der Waals surface area contributed by atoms with Gasteiger partial charge in [0.15, 0.2) is 0 Å². The first kappa shape index (κ1) is 10.3. The Hall–Kier alpha value is -1.18. The monoisotopic (exact) mass is 199 g/mol. The van der Waals surface area contributed by atoms with E-state index in [-0.39, 0.29) is 5.41 Å². The second kappa shape index (κ2) is 3.16. The van der Waals surface area contributed by atoms with Crippen molar-refractivity contribution >= 4 is 13.7 Å². The van der Waals surface area contributed by atoms with Gasteiger partial charge in [-0.15, -0.1) is 0 Å². The Morgan fingerprint density at radius 2 is 2.00 bits per heavy atom. The lowest BCUT2D eigenvalue weighted by Crippen LogP contribution is -2.15. The van der Waals surface area contributed by atoms with Gasteiger partial charge in [0.2, 0.25) is 7.98 Å². The molecule has 0 fully saturated rings. The third kappa shape index (κ3) is 1.58. The number of hydrogen-bond donors (Lipinski definition) is 0. The lowest BCUT2D eigenvalue weighted by Gasteiger charge is -2.22. The summed E-state index contributed by atoms with van der Waals surface area (Å²) >= 11 is 0. The molecule has 0 saturated carbocycles. The zero-order valence-electron chi connectivity index (χ0n) is 10.1. The first-order valence-corrected chi connectivity index (χ1v) is 5.44. The molecule has 0 unspecified atom stereocenters. The van der Waals surface area contributed by atoms with Gasteiger partial charge in [0, 0.05) is 17.8 Å². The Bertz CT molecular complexity index is 415. The van der Waals surface area contributed by atoms with Crippen molar-refractivity contribution in [3.63, 3.8) is 0 Å². The molecule has 0 bridgehead atoms. The number of rotatable bonds is 0. The molecule has 1 nitrogen and oxygen atoms in total. The molecule has 0 aliphatic carbocycles.